The largest absolute Gasteiger partial charge is 0.464 e. The van der Waals surface area contributed by atoms with Crippen LogP contribution in [0.3, 0.4) is 0 Å². The molecular weight excluding hydrogens is 276 g/mol. The molecule has 0 saturated heterocycles. The quantitative estimate of drug-likeness (QED) is 0.809. The van der Waals surface area contributed by atoms with E-state index in [1.807, 2.05) is 26.8 Å². The van der Waals surface area contributed by atoms with Gasteiger partial charge in [-0.25, -0.2) is 9.97 Å². The molecule has 0 fully saturated rings. The van der Waals surface area contributed by atoms with Crippen molar-refractivity contribution in [3.63, 3.8) is 0 Å². The number of aryl methyl sites for hydroxylation is 1. The Hall–Kier alpha value is -1.96. The van der Waals surface area contributed by atoms with Gasteiger partial charge >= 0.3 is 6.01 Å². The topological polar surface area (TPSA) is 85.7 Å². The first-order valence-electron chi connectivity index (χ1n) is 6.31. The summed E-state index contributed by atoms with van der Waals surface area (Å²) < 4.78 is 5.34. The average molecular weight is 292 g/mol. The minimum atomic E-state index is 0.300. The van der Waals surface area contributed by atoms with Gasteiger partial charge in [-0.1, -0.05) is 0 Å². The third-order valence-electron chi connectivity index (χ3n) is 2.16. The van der Waals surface area contributed by atoms with E-state index in [1.165, 1.54) is 11.8 Å². The molecule has 2 rings (SSSR count). The van der Waals surface area contributed by atoms with Crippen LogP contribution >= 0.6 is 11.8 Å². The van der Waals surface area contributed by atoms with Gasteiger partial charge in [0.2, 0.25) is 11.1 Å². The molecule has 2 aromatic rings. The molecule has 0 aliphatic heterocycles. The maximum atomic E-state index is 5.34. The molecule has 0 atom stereocenters. The van der Waals surface area contributed by atoms with Gasteiger partial charge in [0.1, 0.15) is 0 Å². The molecule has 0 aromatic carbocycles. The van der Waals surface area contributed by atoms with Crippen LogP contribution in [-0.4, -0.2) is 38.1 Å². The van der Waals surface area contributed by atoms with Gasteiger partial charge in [-0.05, 0) is 38.6 Å². The standard InChI is InChI=1S/C12H16N6OS/c1-4-13-9-16-10(19-5-2)18-12(17-9)20-11-14-7-6-8(3)15-11/h6-7H,4-5H2,1-3H3,(H,13,16,17,18). The SMILES string of the molecule is CCNc1nc(OCC)nc(Sc2nccc(C)n2)n1. The molecule has 0 aliphatic rings. The highest BCUT2D eigenvalue weighted by atomic mass is 32.2. The number of hydrogen-bond acceptors (Lipinski definition) is 8. The van der Waals surface area contributed by atoms with Crippen LogP contribution in [0.4, 0.5) is 5.95 Å². The molecule has 1 N–H and O–H groups in total. The predicted octanol–water partition coefficient (Wildman–Crippen LogP) is 1.95. The van der Waals surface area contributed by atoms with Gasteiger partial charge in [0, 0.05) is 18.4 Å². The lowest BCUT2D eigenvalue weighted by Crippen LogP contribution is -2.07. The minimum Gasteiger partial charge on any atom is -0.464 e. The average Bonchev–Trinajstić information content (AvgIpc) is 2.39. The molecule has 0 unspecified atom stereocenters. The van der Waals surface area contributed by atoms with Gasteiger partial charge in [0.05, 0.1) is 6.61 Å². The number of nitrogens with zero attached hydrogens (tertiary/aromatic N) is 5. The summed E-state index contributed by atoms with van der Waals surface area (Å²) in [5, 5.41) is 4.15. The van der Waals surface area contributed by atoms with E-state index in [0.29, 0.717) is 28.9 Å². The Labute approximate surface area is 121 Å². The smallest absolute Gasteiger partial charge is 0.322 e. The van der Waals surface area contributed by atoms with E-state index in [-0.39, 0.29) is 0 Å². The molecule has 0 radical (unpaired) electrons. The first kappa shape index (κ1) is 14.4. The van der Waals surface area contributed by atoms with Crippen LogP contribution in [0.25, 0.3) is 0 Å². The van der Waals surface area contributed by atoms with Crippen LogP contribution in [0.15, 0.2) is 22.6 Å². The Balaban J connectivity index is 2.25. The second-order valence-corrected chi connectivity index (χ2v) is 4.70. The van der Waals surface area contributed by atoms with Crippen LogP contribution in [0.2, 0.25) is 0 Å². The third kappa shape index (κ3) is 4.02. The van der Waals surface area contributed by atoms with Crippen molar-refractivity contribution in [2.45, 2.75) is 31.1 Å². The Bertz CT molecular complexity index is 555. The number of nitrogens with one attached hydrogen (secondary N) is 1. The lowest BCUT2D eigenvalue weighted by atomic mass is 10.5. The molecule has 0 saturated carbocycles. The Morgan fingerprint density at radius 1 is 1.15 bits per heavy atom. The normalized spacial score (nSPS) is 10.3. The summed E-state index contributed by atoms with van der Waals surface area (Å²) >= 11 is 1.28. The van der Waals surface area contributed by atoms with Crippen molar-refractivity contribution in [3.05, 3.63) is 18.0 Å². The lowest BCUT2D eigenvalue weighted by Gasteiger charge is -2.07. The molecule has 8 heteroatoms. The maximum absolute atomic E-state index is 5.34. The molecule has 7 nitrogen and oxygen atoms in total. The van der Waals surface area contributed by atoms with Crippen LogP contribution < -0.4 is 10.1 Å². The number of ether oxygens (including phenoxy) is 1. The van der Waals surface area contributed by atoms with Crippen molar-refractivity contribution in [2.75, 3.05) is 18.5 Å². The maximum Gasteiger partial charge on any atom is 0.322 e. The number of aromatic nitrogens is 5. The number of hydrogen-bond donors (Lipinski definition) is 1. The fourth-order valence-electron chi connectivity index (χ4n) is 1.37. The van der Waals surface area contributed by atoms with Crippen molar-refractivity contribution in [1.29, 1.82) is 0 Å². The molecule has 106 valence electrons. The highest BCUT2D eigenvalue weighted by molar-refractivity contribution is 7.99. The summed E-state index contributed by atoms with van der Waals surface area (Å²) in [6, 6.07) is 2.14. The van der Waals surface area contributed by atoms with Crippen LogP contribution in [0, 0.1) is 6.92 Å². The summed E-state index contributed by atoms with van der Waals surface area (Å²) in [6.45, 7) is 6.99. The molecule has 2 heterocycles. The van der Waals surface area contributed by atoms with Crippen molar-refractivity contribution >= 4 is 17.7 Å². The predicted molar refractivity (Wildman–Crippen MR) is 76.1 cm³/mol. The second kappa shape index (κ2) is 6.99. The first-order chi connectivity index (χ1) is 9.71. The Kier molecular flexibility index (Phi) is 5.05. The van der Waals surface area contributed by atoms with E-state index < -0.39 is 0 Å². The number of anilines is 1. The van der Waals surface area contributed by atoms with E-state index in [2.05, 4.69) is 30.2 Å². The molecule has 0 amide bonds. The van der Waals surface area contributed by atoms with E-state index in [0.717, 1.165) is 12.2 Å². The van der Waals surface area contributed by atoms with Gasteiger partial charge in [-0.15, -0.1) is 0 Å². The van der Waals surface area contributed by atoms with E-state index in [9.17, 15) is 0 Å². The van der Waals surface area contributed by atoms with Crippen molar-refractivity contribution in [1.82, 2.24) is 24.9 Å². The fraction of sp³-hybridized carbons (Fsp3) is 0.417. The van der Waals surface area contributed by atoms with E-state index in [1.54, 1.807) is 6.20 Å². The van der Waals surface area contributed by atoms with Crippen molar-refractivity contribution in [3.8, 4) is 6.01 Å². The van der Waals surface area contributed by atoms with Crippen LogP contribution in [0.5, 0.6) is 6.01 Å². The zero-order valence-corrected chi connectivity index (χ0v) is 12.4. The van der Waals surface area contributed by atoms with Gasteiger partial charge in [0.25, 0.3) is 0 Å². The Morgan fingerprint density at radius 3 is 2.70 bits per heavy atom. The van der Waals surface area contributed by atoms with Crippen LogP contribution in [-0.2, 0) is 0 Å². The van der Waals surface area contributed by atoms with Crippen molar-refractivity contribution < 1.29 is 4.74 Å². The molecule has 0 spiro atoms. The van der Waals surface area contributed by atoms with Gasteiger partial charge in [-0.2, -0.15) is 15.0 Å². The molecule has 2 aromatic heterocycles. The van der Waals surface area contributed by atoms with Crippen molar-refractivity contribution in [2.24, 2.45) is 0 Å². The Morgan fingerprint density at radius 2 is 2.00 bits per heavy atom. The summed E-state index contributed by atoms with van der Waals surface area (Å²) in [5.74, 6) is 0.487. The monoisotopic (exact) mass is 292 g/mol. The highest BCUT2D eigenvalue weighted by Crippen LogP contribution is 2.23. The van der Waals surface area contributed by atoms with Gasteiger partial charge < -0.3 is 10.1 Å². The van der Waals surface area contributed by atoms with E-state index >= 15 is 0 Å². The summed E-state index contributed by atoms with van der Waals surface area (Å²) in [6.07, 6.45) is 1.71. The zero-order valence-electron chi connectivity index (χ0n) is 11.6. The summed E-state index contributed by atoms with van der Waals surface area (Å²) in [5.41, 5.74) is 0.897. The molecule has 0 aliphatic carbocycles. The summed E-state index contributed by atoms with van der Waals surface area (Å²) in [7, 11) is 0. The lowest BCUT2D eigenvalue weighted by molar-refractivity contribution is 0.308. The highest BCUT2D eigenvalue weighted by Gasteiger charge is 2.10. The molecular formula is C12H16N6OS. The van der Waals surface area contributed by atoms with E-state index in [4.69, 9.17) is 4.74 Å². The number of rotatable bonds is 6. The fourth-order valence-corrected chi connectivity index (χ4v) is 2.09. The van der Waals surface area contributed by atoms with Crippen LogP contribution in [0.1, 0.15) is 19.5 Å². The molecule has 0 bridgehead atoms. The summed E-state index contributed by atoms with van der Waals surface area (Å²) in [4.78, 5) is 21.2. The first-order valence-corrected chi connectivity index (χ1v) is 7.13. The van der Waals surface area contributed by atoms with Gasteiger partial charge in [-0.3, -0.25) is 0 Å². The zero-order chi connectivity index (χ0) is 14.4. The minimum absolute atomic E-state index is 0.300. The van der Waals surface area contributed by atoms with Gasteiger partial charge in [0.15, 0.2) is 5.16 Å². The third-order valence-corrected chi connectivity index (χ3v) is 2.90. The second-order valence-electron chi connectivity index (χ2n) is 3.77. The molecule has 20 heavy (non-hydrogen) atoms.